The van der Waals surface area contributed by atoms with Gasteiger partial charge in [0.25, 0.3) is 0 Å². The number of nitrogens with one attached hydrogen (secondary N) is 1. The molecule has 1 aliphatic heterocycles. The van der Waals surface area contributed by atoms with E-state index in [9.17, 15) is 4.79 Å². The van der Waals surface area contributed by atoms with Gasteiger partial charge in [0.1, 0.15) is 6.54 Å². The predicted molar refractivity (Wildman–Crippen MR) is 158 cm³/mol. The number of ether oxygens (including phenoxy) is 1. The highest BCUT2D eigenvalue weighted by Crippen LogP contribution is 2.36. The first-order valence-electron chi connectivity index (χ1n) is 14.8. The maximum absolute atomic E-state index is 13.3. The van der Waals surface area contributed by atoms with Crippen molar-refractivity contribution < 1.29 is 9.53 Å². The highest BCUT2D eigenvalue weighted by Gasteiger charge is 2.28. The van der Waals surface area contributed by atoms with E-state index in [-0.39, 0.29) is 24.5 Å². The number of pyridine rings is 2. The van der Waals surface area contributed by atoms with E-state index in [1.165, 1.54) is 11.3 Å². The van der Waals surface area contributed by atoms with Gasteiger partial charge in [0.2, 0.25) is 5.91 Å². The zero-order valence-electron chi connectivity index (χ0n) is 23.2. The lowest BCUT2D eigenvalue weighted by atomic mass is 9.90. The summed E-state index contributed by atoms with van der Waals surface area (Å²) in [5.74, 6) is 0.0366. The average Bonchev–Trinajstić information content (AvgIpc) is 3.31. The number of nitrogens with zero attached hydrogens (tertiary/aromatic N) is 4. The second kappa shape index (κ2) is 12.5. The summed E-state index contributed by atoms with van der Waals surface area (Å²) in [7, 11) is 0. The molecule has 2 aliphatic rings. The van der Waals surface area contributed by atoms with Crippen LogP contribution in [0.5, 0.6) is 0 Å². The molecule has 8 nitrogen and oxygen atoms in total. The normalized spacial score (nSPS) is 17.9. The summed E-state index contributed by atoms with van der Waals surface area (Å²) >= 11 is 0. The van der Waals surface area contributed by atoms with E-state index in [1.54, 1.807) is 0 Å². The van der Waals surface area contributed by atoms with Crippen molar-refractivity contribution in [3.8, 4) is 0 Å². The maximum Gasteiger partial charge on any atom is 0.240 e. The van der Waals surface area contributed by atoms with E-state index in [4.69, 9.17) is 20.4 Å². The molecule has 1 unspecified atom stereocenters. The molecule has 4 heterocycles. The second-order valence-electron chi connectivity index (χ2n) is 11.1. The minimum Gasteiger partial charge on any atom is -0.381 e. The number of aryl methyl sites for hydroxylation is 1. The summed E-state index contributed by atoms with van der Waals surface area (Å²) in [5, 5.41) is 5.55. The van der Waals surface area contributed by atoms with Gasteiger partial charge in [-0.2, -0.15) is 0 Å². The van der Waals surface area contributed by atoms with Gasteiger partial charge >= 0.3 is 0 Å². The summed E-state index contributed by atoms with van der Waals surface area (Å²) in [6.45, 7) is 3.99. The number of carbonyl (C=O) groups excluding carboxylic acids is 1. The van der Waals surface area contributed by atoms with Crippen LogP contribution in [0.2, 0.25) is 0 Å². The zero-order valence-corrected chi connectivity index (χ0v) is 23.2. The maximum atomic E-state index is 13.3. The zero-order chi connectivity index (χ0) is 27.3. The fourth-order valence-corrected chi connectivity index (χ4v) is 6.55. The molecule has 3 aromatic heterocycles. The number of hydrogen-bond donors (Lipinski definition) is 2. The highest BCUT2D eigenvalue weighted by molar-refractivity contribution is 6.09. The summed E-state index contributed by atoms with van der Waals surface area (Å²) in [6, 6.07) is 15.1. The molecule has 8 heteroatoms. The number of amides is 1. The Morgan fingerprint density at radius 1 is 1.02 bits per heavy atom. The van der Waals surface area contributed by atoms with Crippen molar-refractivity contribution in [2.75, 3.05) is 26.3 Å². The summed E-state index contributed by atoms with van der Waals surface area (Å²) < 4.78 is 7.65. The molecular weight excluding hydrogens is 500 g/mol. The van der Waals surface area contributed by atoms with E-state index < -0.39 is 0 Å². The molecule has 40 heavy (non-hydrogen) atoms. The van der Waals surface area contributed by atoms with Gasteiger partial charge in [0, 0.05) is 54.5 Å². The van der Waals surface area contributed by atoms with Gasteiger partial charge in [0.05, 0.1) is 22.9 Å². The first kappa shape index (κ1) is 26.9. The second-order valence-corrected chi connectivity index (χ2v) is 11.1. The van der Waals surface area contributed by atoms with Crippen molar-refractivity contribution in [1.82, 2.24) is 24.8 Å². The first-order chi connectivity index (χ1) is 19.7. The van der Waals surface area contributed by atoms with Crippen LogP contribution in [0.15, 0.2) is 54.9 Å². The molecule has 1 aromatic carbocycles. The molecule has 0 spiro atoms. The lowest BCUT2D eigenvalue weighted by molar-refractivity contribution is -0.122. The highest BCUT2D eigenvalue weighted by atomic mass is 16.5. The molecule has 6 rings (SSSR count). The Kier molecular flexibility index (Phi) is 8.37. The van der Waals surface area contributed by atoms with E-state index >= 15 is 0 Å². The summed E-state index contributed by atoms with van der Waals surface area (Å²) in [4.78, 5) is 25.7. The van der Waals surface area contributed by atoms with Crippen LogP contribution in [-0.4, -0.2) is 57.7 Å². The third-order valence-corrected chi connectivity index (χ3v) is 8.50. The monoisotopic (exact) mass is 540 g/mol. The van der Waals surface area contributed by atoms with Crippen molar-refractivity contribution >= 4 is 27.7 Å². The van der Waals surface area contributed by atoms with E-state index in [2.05, 4.69) is 45.1 Å². The Labute approximate surface area is 235 Å². The average molecular weight is 541 g/mol. The number of benzene rings is 1. The number of aromatic nitrogens is 3. The molecule has 0 bridgehead atoms. The summed E-state index contributed by atoms with van der Waals surface area (Å²) in [6.07, 6.45) is 10.9. The number of rotatable bonds is 10. The van der Waals surface area contributed by atoms with Crippen LogP contribution in [-0.2, 0) is 29.0 Å². The van der Waals surface area contributed by atoms with Crippen molar-refractivity contribution in [3.63, 3.8) is 0 Å². The van der Waals surface area contributed by atoms with Crippen LogP contribution in [0.25, 0.3) is 21.8 Å². The van der Waals surface area contributed by atoms with Crippen molar-refractivity contribution in [2.24, 2.45) is 5.73 Å². The number of nitrogens with two attached hydrogens (primary N) is 1. The molecule has 1 saturated heterocycles. The van der Waals surface area contributed by atoms with Crippen LogP contribution in [0.4, 0.5) is 0 Å². The molecule has 210 valence electrons. The van der Waals surface area contributed by atoms with Gasteiger partial charge in [-0.25, -0.2) is 0 Å². The lowest BCUT2D eigenvalue weighted by Crippen LogP contribution is -2.40. The van der Waals surface area contributed by atoms with Crippen LogP contribution in [0.1, 0.15) is 61.5 Å². The molecule has 3 N–H and O–H groups in total. The predicted octanol–water partition coefficient (Wildman–Crippen LogP) is 4.50. The van der Waals surface area contributed by atoms with E-state index in [0.717, 1.165) is 79.0 Å². The Morgan fingerprint density at radius 3 is 2.77 bits per heavy atom. The number of unbranched alkanes of at least 4 members (excludes halogenated alkanes) is 1. The third-order valence-electron chi connectivity index (χ3n) is 8.50. The first-order valence-corrected chi connectivity index (χ1v) is 14.8. The standard InChI is InChI=1S/C32H40N6O2/c33-15-3-4-18-37(29-11-5-7-23-8-6-16-35-31(23)29)21-27-32-26(12-17-34-27)25-9-1-2-10-28(25)38(32)22-30(39)36-24-13-19-40-20-14-24/h1-2,6,8-10,12,16-17,24,29H,3-5,7,11,13-15,18-22,33H2,(H,36,39). The number of fused-ring (bicyclic) bond motifs is 4. The van der Waals surface area contributed by atoms with Gasteiger partial charge in [0.15, 0.2) is 0 Å². The molecule has 0 saturated carbocycles. The SMILES string of the molecule is NCCCCN(Cc1nccc2c3ccccc3n(CC(=O)NC3CCOCC3)c12)C1CCCc2cccnc21. The fraction of sp³-hybridized carbons (Fsp3) is 0.469. The molecular formula is C32H40N6O2. The fourth-order valence-electron chi connectivity index (χ4n) is 6.55. The molecule has 4 aromatic rings. The quantitative estimate of drug-likeness (QED) is 0.288. The lowest BCUT2D eigenvalue weighted by Gasteiger charge is -2.35. The smallest absolute Gasteiger partial charge is 0.240 e. The molecule has 0 radical (unpaired) electrons. The number of hydrogen-bond acceptors (Lipinski definition) is 6. The van der Waals surface area contributed by atoms with Gasteiger partial charge in [-0.3, -0.25) is 19.7 Å². The topological polar surface area (TPSA) is 98.3 Å². The van der Waals surface area contributed by atoms with Crippen LogP contribution in [0, 0.1) is 0 Å². The number of para-hydroxylation sites is 1. The molecule has 1 fully saturated rings. The Morgan fingerprint density at radius 2 is 1.90 bits per heavy atom. The van der Waals surface area contributed by atoms with Crippen molar-refractivity contribution in [2.45, 2.75) is 70.1 Å². The van der Waals surface area contributed by atoms with Crippen LogP contribution in [0.3, 0.4) is 0 Å². The minimum atomic E-state index is 0.0366. The van der Waals surface area contributed by atoms with Crippen LogP contribution >= 0.6 is 0 Å². The molecule has 1 aliphatic carbocycles. The van der Waals surface area contributed by atoms with E-state index in [0.29, 0.717) is 26.3 Å². The Hall–Kier alpha value is -3.33. The van der Waals surface area contributed by atoms with Crippen molar-refractivity contribution in [3.05, 3.63) is 71.8 Å². The largest absolute Gasteiger partial charge is 0.381 e. The molecule has 1 atom stereocenters. The van der Waals surface area contributed by atoms with Gasteiger partial charge in [-0.15, -0.1) is 0 Å². The molecule has 1 amide bonds. The minimum absolute atomic E-state index is 0.0366. The summed E-state index contributed by atoms with van der Waals surface area (Å²) in [5.41, 5.74) is 11.5. The Bertz CT molecular complexity index is 1460. The van der Waals surface area contributed by atoms with Gasteiger partial charge < -0.3 is 20.4 Å². The third kappa shape index (κ3) is 5.61. The Balaban J connectivity index is 1.37. The van der Waals surface area contributed by atoms with Gasteiger partial charge in [-0.05, 0) is 81.8 Å². The van der Waals surface area contributed by atoms with E-state index in [1.807, 2.05) is 24.5 Å². The van der Waals surface area contributed by atoms with Crippen LogP contribution < -0.4 is 11.1 Å². The van der Waals surface area contributed by atoms with Crippen molar-refractivity contribution in [1.29, 1.82) is 0 Å². The van der Waals surface area contributed by atoms with Gasteiger partial charge in [-0.1, -0.05) is 24.3 Å². The number of carbonyl (C=O) groups is 1.